The van der Waals surface area contributed by atoms with Crippen molar-refractivity contribution in [1.29, 1.82) is 0 Å². The molecule has 4 heteroatoms. The van der Waals surface area contributed by atoms with E-state index in [0.29, 0.717) is 0 Å². The molecule has 1 aliphatic heterocycles. The molecule has 1 saturated heterocycles. The smallest absolute Gasteiger partial charge is 0.152 e. The lowest BCUT2D eigenvalue weighted by atomic mass is 10.1. The van der Waals surface area contributed by atoms with Crippen LogP contribution in [0.2, 0.25) is 0 Å². The van der Waals surface area contributed by atoms with Gasteiger partial charge in [0.05, 0.1) is 0 Å². The van der Waals surface area contributed by atoms with Gasteiger partial charge < -0.3 is 14.8 Å². The molecule has 0 unspecified atom stereocenters. The molecule has 0 bridgehead atoms. The fourth-order valence-corrected chi connectivity index (χ4v) is 2.84. The molecule has 1 aliphatic rings. The molecular formula is C15H19N3O. The quantitative estimate of drug-likeness (QED) is 0.837. The Morgan fingerprint density at radius 1 is 1.21 bits per heavy atom. The molecule has 0 aliphatic carbocycles. The number of likely N-dealkylation sites (N-methyl/N-ethyl adjacent to an activating group) is 1. The number of fused-ring (bicyclic) bond motifs is 1. The topological polar surface area (TPSA) is 39.3 Å². The molecule has 100 valence electrons. The molecule has 0 spiro atoms. The standard InChI is InChI=1S/C15H19N3O/c1-11-12(10-19)15-13(16-11)4-3-5-14(15)18-8-6-17(2)7-9-18/h3-5,10,16H,6-9H2,1-2H3. The van der Waals surface area contributed by atoms with E-state index < -0.39 is 0 Å². The molecule has 1 aromatic heterocycles. The number of benzene rings is 1. The van der Waals surface area contributed by atoms with Crippen molar-refractivity contribution in [3.05, 3.63) is 29.5 Å². The largest absolute Gasteiger partial charge is 0.368 e. The van der Waals surface area contributed by atoms with Crippen LogP contribution in [0.5, 0.6) is 0 Å². The predicted octanol–water partition coefficient (Wildman–Crippen LogP) is 2.04. The number of H-pyrrole nitrogens is 1. The van der Waals surface area contributed by atoms with Gasteiger partial charge in [-0.3, -0.25) is 4.79 Å². The van der Waals surface area contributed by atoms with Gasteiger partial charge in [-0.25, -0.2) is 0 Å². The summed E-state index contributed by atoms with van der Waals surface area (Å²) < 4.78 is 0. The molecule has 0 amide bonds. The van der Waals surface area contributed by atoms with Gasteiger partial charge in [-0.05, 0) is 26.1 Å². The molecule has 4 nitrogen and oxygen atoms in total. The third-order valence-corrected chi connectivity index (χ3v) is 4.00. The van der Waals surface area contributed by atoms with Crippen LogP contribution in [-0.2, 0) is 0 Å². The highest BCUT2D eigenvalue weighted by molar-refractivity contribution is 6.06. The first kappa shape index (κ1) is 12.2. The van der Waals surface area contributed by atoms with Crippen molar-refractivity contribution in [2.24, 2.45) is 0 Å². The van der Waals surface area contributed by atoms with Gasteiger partial charge in [-0.2, -0.15) is 0 Å². The number of hydrogen-bond donors (Lipinski definition) is 1. The zero-order valence-electron chi connectivity index (χ0n) is 11.4. The summed E-state index contributed by atoms with van der Waals surface area (Å²) in [6.45, 7) is 6.11. The minimum Gasteiger partial charge on any atom is -0.368 e. The van der Waals surface area contributed by atoms with E-state index in [1.165, 1.54) is 5.69 Å². The number of rotatable bonds is 2. The monoisotopic (exact) mass is 257 g/mol. The average molecular weight is 257 g/mol. The second-order valence-electron chi connectivity index (χ2n) is 5.27. The number of piperazine rings is 1. The van der Waals surface area contributed by atoms with Crippen LogP contribution >= 0.6 is 0 Å². The number of aromatic nitrogens is 1. The maximum atomic E-state index is 11.3. The highest BCUT2D eigenvalue weighted by Gasteiger charge is 2.19. The summed E-state index contributed by atoms with van der Waals surface area (Å²) in [5, 5.41) is 1.07. The van der Waals surface area contributed by atoms with Crippen molar-refractivity contribution in [3.8, 4) is 0 Å². The van der Waals surface area contributed by atoms with E-state index in [1.807, 2.05) is 13.0 Å². The Morgan fingerprint density at radius 3 is 2.63 bits per heavy atom. The van der Waals surface area contributed by atoms with Crippen molar-refractivity contribution in [3.63, 3.8) is 0 Å². The third-order valence-electron chi connectivity index (χ3n) is 4.00. The Balaban J connectivity index is 2.10. The van der Waals surface area contributed by atoms with E-state index in [4.69, 9.17) is 0 Å². The first-order valence-corrected chi connectivity index (χ1v) is 6.70. The van der Waals surface area contributed by atoms with E-state index in [0.717, 1.165) is 54.6 Å². The minimum atomic E-state index is 0.796. The number of nitrogens with one attached hydrogen (secondary N) is 1. The van der Waals surface area contributed by atoms with Gasteiger partial charge in [0, 0.05) is 54.0 Å². The summed E-state index contributed by atoms with van der Waals surface area (Å²) in [5.41, 5.74) is 3.98. The van der Waals surface area contributed by atoms with Gasteiger partial charge in [0.1, 0.15) is 0 Å². The summed E-state index contributed by atoms with van der Waals surface area (Å²) in [5.74, 6) is 0. The van der Waals surface area contributed by atoms with Gasteiger partial charge in [-0.1, -0.05) is 6.07 Å². The lowest BCUT2D eigenvalue weighted by molar-refractivity contribution is 0.112. The Labute approximate surface area is 113 Å². The van der Waals surface area contributed by atoms with Crippen LogP contribution < -0.4 is 4.90 Å². The van der Waals surface area contributed by atoms with Crippen LogP contribution in [0.1, 0.15) is 16.1 Å². The molecule has 0 saturated carbocycles. The molecule has 0 radical (unpaired) electrons. The molecule has 19 heavy (non-hydrogen) atoms. The second-order valence-corrected chi connectivity index (χ2v) is 5.27. The van der Waals surface area contributed by atoms with Crippen molar-refractivity contribution in [2.45, 2.75) is 6.92 Å². The molecule has 2 aromatic rings. The summed E-state index contributed by atoms with van der Waals surface area (Å²) >= 11 is 0. The Morgan fingerprint density at radius 2 is 1.95 bits per heavy atom. The SMILES string of the molecule is Cc1[nH]c2cccc(N3CCN(C)CC3)c2c1C=O. The van der Waals surface area contributed by atoms with E-state index in [-0.39, 0.29) is 0 Å². The second kappa shape index (κ2) is 4.70. The molecule has 3 rings (SSSR count). The van der Waals surface area contributed by atoms with Crippen molar-refractivity contribution < 1.29 is 4.79 Å². The number of nitrogens with zero attached hydrogens (tertiary/aromatic N) is 2. The molecule has 1 aromatic carbocycles. The van der Waals surface area contributed by atoms with E-state index in [1.54, 1.807) is 0 Å². The number of carbonyl (C=O) groups excluding carboxylic acids is 1. The van der Waals surface area contributed by atoms with Crippen LogP contribution in [0.25, 0.3) is 10.9 Å². The summed E-state index contributed by atoms with van der Waals surface area (Å²) in [7, 11) is 2.15. The minimum absolute atomic E-state index is 0.796. The summed E-state index contributed by atoms with van der Waals surface area (Å²) in [6.07, 6.45) is 0.966. The van der Waals surface area contributed by atoms with Crippen LogP contribution in [0.4, 0.5) is 5.69 Å². The van der Waals surface area contributed by atoms with Crippen molar-refractivity contribution in [1.82, 2.24) is 9.88 Å². The highest BCUT2D eigenvalue weighted by Crippen LogP contribution is 2.31. The average Bonchev–Trinajstić information content (AvgIpc) is 2.74. The van der Waals surface area contributed by atoms with E-state index in [2.05, 4.69) is 34.0 Å². The first-order chi connectivity index (χ1) is 9.20. The molecule has 0 atom stereocenters. The zero-order valence-corrected chi connectivity index (χ0v) is 11.4. The number of anilines is 1. The van der Waals surface area contributed by atoms with E-state index in [9.17, 15) is 4.79 Å². The van der Waals surface area contributed by atoms with Crippen LogP contribution in [0.3, 0.4) is 0 Å². The predicted molar refractivity (Wildman–Crippen MR) is 78.1 cm³/mol. The number of aromatic amines is 1. The Kier molecular flexibility index (Phi) is 3.03. The van der Waals surface area contributed by atoms with Gasteiger partial charge in [-0.15, -0.1) is 0 Å². The first-order valence-electron chi connectivity index (χ1n) is 6.70. The van der Waals surface area contributed by atoms with Crippen LogP contribution in [0, 0.1) is 6.92 Å². The highest BCUT2D eigenvalue weighted by atomic mass is 16.1. The van der Waals surface area contributed by atoms with E-state index >= 15 is 0 Å². The van der Waals surface area contributed by atoms with Crippen LogP contribution in [-0.4, -0.2) is 49.4 Å². The fourth-order valence-electron chi connectivity index (χ4n) is 2.84. The number of carbonyl (C=O) groups is 1. The molecule has 2 heterocycles. The maximum Gasteiger partial charge on any atom is 0.152 e. The lowest BCUT2D eigenvalue weighted by Gasteiger charge is -2.34. The fraction of sp³-hybridized carbons (Fsp3) is 0.400. The van der Waals surface area contributed by atoms with Gasteiger partial charge in [0.2, 0.25) is 0 Å². The Bertz CT molecular complexity index is 609. The van der Waals surface area contributed by atoms with Crippen LogP contribution in [0.15, 0.2) is 18.2 Å². The third kappa shape index (κ3) is 2.02. The zero-order chi connectivity index (χ0) is 13.4. The summed E-state index contributed by atoms with van der Waals surface area (Å²) in [4.78, 5) is 19.4. The van der Waals surface area contributed by atoms with Gasteiger partial charge in [0.15, 0.2) is 6.29 Å². The van der Waals surface area contributed by atoms with Gasteiger partial charge in [0.25, 0.3) is 0 Å². The molecule has 1 fully saturated rings. The number of aryl methyl sites for hydroxylation is 1. The Hall–Kier alpha value is -1.81. The van der Waals surface area contributed by atoms with Crippen molar-refractivity contribution in [2.75, 3.05) is 38.1 Å². The molecule has 1 N–H and O–H groups in total. The number of aldehydes is 1. The summed E-state index contributed by atoms with van der Waals surface area (Å²) in [6, 6.07) is 6.21. The number of hydrogen-bond acceptors (Lipinski definition) is 3. The van der Waals surface area contributed by atoms with Gasteiger partial charge >= 0.3 is 0 Å². The lowest BCUT2D eigenvalue weighted by Crippen LogP contribution is -2.44. The maximum absolute atomic E-state index is 11.3. The normalized spacial score (nSPS) is 17.1. The molecular weight excluding hydrogens is 238 g/mol. The van der Waals surface area contributed by atoms with Crippen molar-refractivity contribution >= 4 is 22.9 Å².